The van der Waals surface area contributed by atoms with E-state index in [1.54, 1.807) is 0 Å². The molecule has 8 nitrogen and oxygen atoms in total. The number of anilines is 1. The predicted molar refractivity (Wildman–Crippen MR) is 117 cm³/mol. The van der Waals surface area contributed by atoms with E-state index >= 15 is 0 Å². The number of nitrogens with zero attached hydrogens (tertiary/aromatic N) is 3. The minimum absolute atomic E-state index is 0.0453. The first-order chi connectivity index (χ1) is 14.3. The molecule has 0 aromatic heterocycles. The lowest BCUT2D eigenvalue weighted by atomic mass is 10.0. The van der Waals surface area contributed by atoms with Gasteiger partial charge >= 0.3 is 0 Å². The lowest BCUT2D eigenvalue weighted by molar-refractivity contribution is -0.384. The molecule has 162 valence electrons. The topological polar surface area (TPSA) is 95.8 Å². The van der Waals surface area contributed by atoms with Crippen molar-refractivity contribution in [1.82, 2.24) is 9.21 Å². The van der Waals surface area contributed by atoms with Gasteiger partial charge < -0.3 is 10.2 Å². The molecule has 1 atom stereocenters. The summed E-state index contributed by atoms with van der Waals surface area (Å²) in [6, 6.07) is 13.8. The molecule has 0 aliphatic carbocycles. The lowest BCUT2D eigenvalue weighted by Gasteiger charge is -2.31. The maximum absolute atomic E-state index is 13.0. The third-order valence-electron chi connectivity index (χ3n) is 5.37. The zero-order valence-electron chi connectivity index (χ0n) is 17.3. The number of benzene rings is 2. The van der Waals surface area contributed by atoms with E-state index in [1.165, 1.54) is 22.5 Å². The fraction of sp³-hybridized carbons (Fsp3) is 0.429. The molecule has 1 unspecified atom stereocenters. The average molecular weight is 433 g/mol. The van der Waals surface area contributed by atoms with Crippen molar-refractivity contribution in [3.63, 3.8) is 0 Å². The van der Waals surface area contributed by atoms with Gasteiger partial charge in [-0.1, -0.05) is 43.7 Å². The Bertz CT molecular complexity index is 974. The molecule has 2 aromatic carbocycles. The Balaban J connectivity index is 1.91. The van der Waals surface area contributed by atoms with Crippen molar-refractivity contribution in [2.24, 2.45) is 0 Å². The van der Waals surface area contributed by atoms with Crippen LogP contribution in [-0.2, 0) is 10.0 Å². The third-order valence-corrected chi connectivity index (χ3v) is 7.27. The van der Waals surface area contributed by atoms with Crippen LogP contribution in [0.4, 0.5) is 11.4 Å². The van der Waals surface area contributed by atoms with Gasteiger partial charge in [-0.3, -0.25) is 10.1 Å². The largest absolute Gasteiger partial charge is 0.373 e. The highest BCUT2D eigenvalue weighted by Gasteiger charge is 2.30. The molecule has 1 saturated heterocycles. The normalized spacial score (nSPS) is 16.9. The SMILES string of the molecule is CCCC(Nc1ccc(S(=O)(=O)N2CCN(C)CC2)cc1[N+](=O)[O-])c1ccccc1. The van der Waals surface area contributed by atoms with Gasteiger partial charge in [0.15, 0.2) is 0 Å². The minimum Gasteiger partial charge on any atom is -0.373 e. The second-order valence-electron chi connectivity index (χ2n) is 7.54. The number of sulfonamides is 1. The van der Waals surface area contributed by atoms with Crippen molar-refractivity contribution < 1.29 is 13.3 Å². The summed E-state index contributed by atoms with van der Waals surface area (Å²) in [6.07, 6.45) is 1.69. The van der Waals surface area contributed by atoms with Crippen LogP contribution < -0.4 is 5.32 Å². The lowest BCUT2D eigenvalue weighted by Crippen LogP contribution is -2.47. The molecule has 1 fully saturated rings. The van der Waals surface area contributed by atoms with Crippen molar-refractivity contribution in [3.8, 4) is 0 Å². The standard InChI is InChI=1S/C21H28N4O4S/c1-3-7-19(17-8-5-4-6-9-17)22-20-11-10-18(16-21(20)25(26)27)30(28,29)24-14-12-23(2)13-15-24/h4-6,8-11,16,19,22H,3,7,12-15H2,1-2H3. The molecule has 2 aromatic rings. The minimum atomic E-state index is -3.77. The second-order valence-corrected chi connectivity index (χ2v) is 9.48. The highest BCUT2D eigenvalue weighted by Crippen LogP contribution is 2.33. The highest BCUT2D eigenvalue weighted by atomic mass is 32.2. The third kappa shape index (κ3) is 4.97. The van der Waals surface area contributed by atoms with Crippen molar-refractivity contribution in [2.75, 3.05) is 38.5 Å². The van der Waals surface area contributed by atoms with Crippen LogP contribution in [0.15, 0.2) is 53.4 Å². The first kappa shape index (κ1) is 22.2. The van der Waals surface area contributed by atoms with E-state index in [2.05, 4.69) is 17.1 Å². The van der Waals surface area contributed by atoms with E-state index < -0.39 is 14.9 Å². The number of nitrogens with one attached hydrogen (secondary N) is 1. The summed E-state index contributed by atoms with van der Waals surface area (Å²) < 4.78 is 27.4. The van der Waals surface area contributed by atoms with Crippen molar-refractivity contribution in [3.05, 3.63) is 64.2 Å². The zero-order valence-corrected chi connectivity index (χ0v) is 18.1. The molecule has 9 heteroatoms. The monoisotopic (exact) mass is 432 g/mol. The van der Waals surface area contributed by atoms with Crippen LogP contribution in [0, 0.1) is 10.1 Å². The number of rotatable bonds is 8. The van der Waals surface area contributed by atoms with Gasteiger partial charge in [0.1, 0.15) is 5.69 Å². The van der Waals surface area contributed by atoms with E-state index in [4.69, 9.17) is 0 Å². The van der Waals surface area contributed by atoms with Gasteiger partial charge in [-0.05, 0) is 31.2 Å². The van der Waals surface area contributed by atoms with Crippen molar-refractivity contribution >= 4 is 21.4 Å². The van der Waals surface area contributed by atoms with Gasteiger partial charge in [0.25, 0.3) is 5.69 Å². The van der Waals surface area contributed by atoms with Crippen LogP contribution in [-0.4, -0.2) is 55.8 Å². The van der Waals surface area contributed by atoms with E-state index in [0.29, 0.717) is 31.9 Å². The summed E-state index contributed by atoms with van der Waals surface area (Å²) in [5.41, 5.74) is 1.12. The maximum atomic E-state index is 13.0. The summed E-state index contributed by atoms with van der Waals surface area (Å²) in [6.45, 7) is 4.07. The Morgan fingerprint density at radius 2 is 1.77 bits per heavy atom. The number of nitro benzene ring substituents is 1. The quantitative estimate of drug-likeness (QED) is 0.507. The maximum Gasteiger partial charge on any atom is 0.293 e. The molecule has 1 aliphatic heterocycles. The van der Waals surface area contributed by atoms with E-state index in [1.807, 2.05) is 37.4 Å². The summed E-state index contributed by atoms with van der Waals surface area (Å²) in [7, 11) is -1.84. The molecule has 0 spiro atoms. The van der Waals surface area contributed by atoms with E-state index in [0.717, 1.165) is 18.4 Å². The Kier molecular flexibility index (Phi) is 7.06. The highest BCUT2D eigenvalue weighted by molar-refractivity contribution is 7.89. The summed E-state index contributed by atoms with van der Waals surface area (Å²) in [5.74, 6) is 0. The Hall–Kier alpha value is -2.49. The Labute approximate surface area is 177 Å². The Morgan fingerprint density at radius 3 is 2.37 bits per heavy atom. The molecule has 1 aliphatic rings. The van der Waals surface area contributed by atoms with Gasteiger partial charge in [-0.25, -0.2) is 8.42 Å². The van der Waals surface area contributed by atoms with Crippen LogP contribution in [0.25, 0.3) is 0 Å². The van der Waals surface area contributed by atoms with Gasteiger partial charge in [0.05, 0.1) is 15.9 Å². The van der Waals surface area contributed by atoms with Gasteiger partial charge in [-0.2, -0.15) is 4.31 Å². The second kappa shape index (κ2) is 9.55. The van der Waals surface area contributed by atoms with Crippen LogP contribution in [0.5, 0.6) is 0 Å². The number of piperazine rings is 1. The molecule has 30 heavy (non-hydrogen) atoms. The predicted octanol–water partition coefficient (Wildman–Crippen LogP) is 3.48. The van der Waals surface area contributed by atoms with Crippen LogP contribution in [0.3, 0.4) is 0 Å². The van der Waals surface area contributed by atoms with Crippen molar-refractivity contribution in [2.45, 2.75) is 30.7 Å². The fourth-order valence-electron chi connectivity index (χ4n) is 3.61. The first-order valence-electron chi connectivity index (χ1n) is 10.1. The molecular formula is C21H28N4O4S. The molecule has 0 saturated carbocycles. The molecule has 1 heterocycles. The Morgan fingerprint density at radius 1 is 1.10 bits per heavy atom. The summed E-state index contributed by atoms with van der Waals surface area (Å²) in [5, 5.41) is 15.0. The van der Waals surface area contributed by atoms with Crippen molar-refractivity contribution in [1.29, 1.82) is 0 Å². The molecule has 1 N–H and O–H groups in total. The number of hydrogen-bond acceptors (Lipinski definition) is 6. The first-order valence-corrected chi connectivity index (χ1v) is 11.6. The average Bonchev–Trinajstić information content (AvgIpc) is 2.74. The van der Waals surface area contributed by atoms with Gasteiger partial charge in [-0.15, -0.1) is 0 Å². The summed E-state index contributed by atoms with van der Waals surface area (Å²) in [4.78, 5) is 13.2. The summed E-state index contributed by atoms with van der Waals surface area (Å²) >= 11 is 0. The molecule has 0 amide bonds. The molecule has 0 bridgehead atoms. The number of likely N-dealkylation sites (N-methyl/N-ethyl adjacent to an activating group) is 1. The molecular weight excluding hydrogens is 404 g/mol. The molecule has 3 rings (SSSR count). The number of hydrogen-bond donors (Lipinski definition) is 1. The van der Waals surface area contributed by atoms with Crippen LogP contribution >= 0.6 is 0 Å². The smallest absolute Gasteiger partial charge is 0.293 e. The molecule has 0 radical (unpaired) electrons. The van der Waals surface area contributed by atoms with Gasteiger partial charge in [0.2, 0.25) is 10.0 Å². The van der Waals surface area contributed by atoms with E-state index in [9.17, 15) is 18.5 Å². The van der Waals surface area contributed by atoms with Gasteiger partial charge in [0, 0.05) is 32.2 Å². The fourth-order valence-corrected chi connectivity index (χ4v) is 5.05. The van der Waals surface area contributed by atoms with E-state index in [-0.39, 0.29) is 16.6 Å². The number of nitro groups is 1. The van der Waals surface area contributed by atoms with Crippen LogP contribution in [0.2, 0.25) is 0 Å². The van der Waals surface area contributed by atoms with Crippen LogP contribution in [0.1, 0.15) is 31.4 Å². The zero-order chi connectivity index (χ0) is 21.7.